The van der Waals surface area contributed by atoms with Crippen molar-refractivity contribution in [3.63, 3.8) is 0 Å². The topological polar surface area (TPSA) is 30.5 Å². The van der Waals surface area contributed by atoms with Crippen LogP contribution in [0.15, 0.2) is 0 Å². The molecule has 0 amide bonds. The highest BCUT2D eigenvalue weighted by atomic mass is 19.4. The fraction of sp³-hybridized carbons (Fsp3) is 1.00. The first-order chi connectivity index (χ1) is 9.03. The van der Waals surface area contributed by atoms with Crippen LogP contribution in [0.1, 0.15) is 38.5 Å². The Hall–Kier alpha value is -0.330. The molecule has 6 heteroatoms. The molecule has 2 fully saturated rings. The van der Waals surface area contributed by atoms with Crippen molar-refractivity contribution < 1.29 is 22.6 Å². The summed E-state index contributed by atoms with van der Waals surface area (Å²) in [7, 11) is 0. The summed E-state index contributed by atoms with van der Waals surface area (Å²) < 4.78 is 46.7. The summed E-state index contributed by atoms with van der Waals surface area (Å²) in [5.74, 6) is 0. The zero-order chi connectivity index (χ0) is 13.7. The van der Waals surface area contributed by atoms with Crippen LogP contribution in [-0.2, 0) is 9.47 Å². The van der Waals surface area contributed by atoms with Gasteiger partial charge in [-0.2, -0.15) is 13.2 Å². The van der Waals surface area contributed by atoms with Crippen molar-refractivity contribution in [3.05, 3.63) is 0 Å². The van der Waals surface area contributed by atoms with E-state index in [1.54, 1.807) is 0 Å². The van der Waals surface area contributed by atoms with Crippen LogP contribution in [0.4, 0.5) is 13.2 Å². The fourth-order valence-corrected chi connectivity index (χ4v) is 2.86. The summed E-state index contributed by atoms with van der Waals surface area (Å²) in [6.07, 6.45) is 0.894. The summed E-state index contributed by atoms with van der Waals surface area (Å²) in [5, 5.41) is 3.54. The van der Waals surface area contributed by atoms with Crippen LogP contribution in [0, 0.1) is 0 Å². The van der Waals surface area contributed by atoms with E-state index in [1.807, 2.05) is 0 Å². The Kier molecular flexibility index (Phi) is 5.47. The van der Waals surface area contributed by atoms with Gasteiger partial charge in [-0.25, -0.2) is 0 Å². The summed E-state index contributed by atoms with van der Waals surface area (Å²) in [6.45, 7) is 0.429. The van der Waals surface area contributed by atoms with Gasteiger partial charge in [0.2, 0.25) is 0 Å². The summed E-state index contributed by atoms with van der Waals surface area (Å²) in [5.41, 5.74) is 0. The molecular formula is C13H22F3NO2. The molecule has 1 aliphatic carbocycles. The van der Waals surface area contributed by atoms with Crippen LogP contribution in [-0.4, -0.2) is 44.2 Å². The van der Waals surface area contributed by atoms with E-state index in [9.17, 15) is 13.2 Å². The molecule has 2 atom stereocenters. The van der Waals surface area contributed by atoms with E-state index in [-0.39, 0.29) is 12.1 Å². The molecule has 1 aliphatic heterocycles. The first-order valence-corrected chi connectivity index (χ1v) is 7.05. The van der Waals surface area contributed by atoms with E-state index in [0.717, 1.165) is 45.3 Å². The van der Waals surface area contributed by atoms with Crippen molar-refractivity contribution >= 4 is 0 Å². The predicted molar refractivity (Wildman–Crippen MR) is 65.0 cm³/mol. The minimum Gasteiger partial charge on any atom is -0.381 e. The van der Waals surface area contributed by atoms with Crippen molar-refractivity contribution in [2.24, 2.45) is 0 Å². The lowest BCUT2D eigenvalue weighted by atomic mass is 9.91. The Morgan fingerprint density at radius 1 is 1.05 bits per heavy atom. The Bertz CT molecular complexity index is 267. The van der Waals surface area contributed by atoms with E-state index in [4.69, 9.17) is 9.47 Å². The maximum Gasteiger partial charge on any atom is 0.411 e. The van der Waals surface area contributed by atoms with Crippen LogP contribution in [0.2, 0.25) is 0 Å². The molecule has 3 nitrogen and oxygen atoms in total. The standard InChI is InChI=1S/C13H22F3NO2/c14-13(15,16)9-19-12-3-1-2-11(8-12)17-10-4-6-18-7-5-10/h10-12,17H,1-9H2. The highest BCUT2D eigenvalue weighted by molar-refractivity contribution is 4.82. The van der Waals surface area contributed by atoms with E-state index in [2.05, 4.69) is 5.32 Å². The van der Waals surface area contributed by atoms with Gasteiger partial charge in [-0.3, -0.25) is 0 Å². The highest BCUT2D eigenvalue weighted by Gasteiger charge is 2.31. The van der Waals surface area contributed by atoms with Crippen molar-refractivity contribution in [3.8, 4) is 0 Å². The number of nitrogens with one attached hydrogen (secondary N) is 1. The van der Waals surface area contributed by atoms with Gasteiger partial charge in [0, 0.05) is 25.3 Å². The van der Waals surface area contributed by atoms with E-state index < -0.39 is 12.8 Å². The largest absolute Gasteiger partial charge is 0.411 e. The van der Waals surface area contributed by atoms with Crippen molar-refractivity contribution in [1.29, 1.82) is 0 Å². The third-order valence-corrected chi connectivity index (χ3v) is 3.80. The first-order valence-electron chi connectivity index (χ1n) is 7.05. The molecular weight excluding hydrogens is 259 g/mol. The van der Waals surface area contributed by atoms with Crippen LogP contribution in [0.5, 0.6) is 0 Å². The molecule has 0 aromatic rings. The van der Waals surface area contributed by atoms with Crippen molar-refractivity contribution in [2.45, 2.75) is 62.9 Å². The van der Waals surface area contributed by atoms with E-state index >= 15 is 0 Å². The molecule has 0 aromatic heterocycles. The third-order valence-electron chi connectivity index (χ3n) is 3.80. The maximum atomic E-state index is 12.1. The molecule has 0 radical (unpaired) electrons. The number of rotatable bonds is 4. The Labute approximate surface area is 111 Å². The number of hydrogen-bond acceptors (Lipinski definition) is 3. The Morgan fingerprint density at radius 2 is 1.79 bits per heavy atom. The molecule has 1 saturated heterocycles. The van der Waals surface area contributed by atoms with Gasteiger partial charge in [0.1, 0.15) is 6.61 Å². The molecule has 0 spiro atoms. The van der Waals surface area contributed by atoms with Crippen LogP contribution in [0.3, 0.4) is 0 Å². The zero-order valence-corrected chi connectivity index (χ0v) is 11.0. The molecule has 1 saturated carbocycles. The number of alkyl halides is 3. The second kappa shape index (κ2) is 6.90. The third kappa shape index (κ3) is 5.67. The minimum atomic E-state index is -4.22. The van der Waals surface area contributed by atoms with E-state index in [1.165, 1.54) is 0 Å². The molecule has 0 aromatic carbocycles. The minimum absolute atomic E-state index is 0.257. The van der Waals surface area contributed by atoms with Crippen molar-refractivity contribution in [2.75, 3.05) is 19.8 Å². The molecule has 1 heterocycles. The molecule has 2 rings (SSSR count). The molecule has 2 unspecified atom stereocenters. The van der Waals surface area contributed by atoms with E-state index in [0.29, 0.717) is 12.5 Å². The first kappa shape index (κ1) is 15.1. The lowest BCUT2D eigenvalue weighted by Gasteiger charge is -2.34. The lowest BCUT2D eigenvalue weighted by Crippen LogP contribution is -2.45. The summed E-state index contributed by atoms with van der Waals surface area (Å²) >= 11 is 0. The second-order valence-corrected chi connectivity index (χ2v) is 5.47. The van der Waals surface area contributed by atoms with Crippen LogP contribution in [0.25, 0.3) is 0 Å². The van der Waals surface area contributed by atoms with Crippen LogP contribution >= 0.6 is 0 Å². The fourth-order valence-electron chi connectivity index (χ4n) is 2.86. The summed E-state index contributed by atoms with van der Waals surface area (Å²) in [4.78, 5) is 0. The molecule has 112 valence electrons. The quantitative estimate of drug-likeness (QED) is 0.859. The van der Waals surface area contributed by atoms with Gasteiger partial charge in [-0.05, 0) is 38.5 Å². The number of ether oxygens (including phenoxy) is 2. The van der Waals surface area contributed by atoms with Gasteiger partial charge in [-0.15, -0.1) is 0 Å². The second-order valence-electron chi connectivity index (χ2n) is 5.47. The van der Waals surface area contributed by atoms with Gasteiger partial charge in [0.15, 0.2) is 0 Å². The van der Waals surface area contributed by atoms with Gasteiger partial charge in [0.05, 0.1) is 6.10 Å². The predicted octanol–water partition coefficient (Wildman–Crippen LogP) is 2.65. The average molecular weight is 281 g/mol. The maximum absolute atomic E-state index is 12.1. The highest BCUT2D eigenvalue weighted by Crippen LogP contribution is 2.25. The number of hydrogen-bond donors (Lipinski definition) is 1. The van der Waals surface area contributed by atoms with Crippen molar-refractivity contribution in [1.82, 2.24) is 5.32 Å². The smallest absolute Gasteiger partial charge is 0.381 e. The van der Waals surface area contributed by atoms with Crippen LogP contribution < -0.4 is 5.32 Å². The van der Waals surface area contributed by atoms with Gasteiger partial charge >= 0.3 is 6.18 Å². The number of halogens is 3. The SMILES string of the molecule is FC(F)(F)COC1CCCC(NC2CCOCC2)C1. The van der Waals surface area contributed by atoms with Gasteiger partial charge < -0.3 is 14.8 Å². The average Bonchev–Trinajstić information content (AvgIpc) is 2.37. The Morgan fingerprint density at radius 3 is 2.47 bits per heavy atom. The van der Waals surface area contributed by atoms with Gasteiger partial charge in [0.25, 0.3) is 0 Å². The van der Waals surface area contributed by atoms with Gasteiger partial charge in [-0.1, -0.05) is 0 Å². The monoisotopic (exact) mass is 281 g/mol. The summed E-state index contributed by atoms with van der Waals surface area (Å²) in [6, 6.07) is 0.732. The normalized spacial score (nSPS) is 30.5. The molecule has 0 bridgehead atoms. The molecule has 19 heavy (non-hydrogen) atoms. The molecule has 1 N–H and O–H groups in total. The molecule has 2 aliphatic rings. The Balaban J connectivity index is 1.70. The zero-order valence-electron chi connectivity index (χ0n) is 11.0. The lowest BCUT2D eigenvalue weighted by molar-refractivity contribution is -0.188.